The first kappa shape index (κ1) is 22.3. The molecule has 0 spiro atoms. The number of nitrogens with one attached hydrogen (secondary N) is 1. The van der Waals surface area contributed by atoms with Gasteiger partial charge in [0.25, 0.3) is 0 Å². The van der Waals surface area contributed by atoms with Crippen molar-refractivity contribution in [2.24, 2.45) is 11.8 Å². The zero-order valence-electron chi connectivity index (χ0n) is 18.7. The highest BCUT2D eigenvalue weighted by atomic mass is 35.5. The maximum atomic E-state index is 11.7. The lowest BCUT2D eigenvalue weighted by molar-refractivity contribution is 0.0691. The fourth-order valence-electron chi connectivity index (χ4n) is 4.84. The van der Waals surface area contributed by atoms with E-state index in [1.807, 2.05) is 26.0 Å². The number of aromatic nitrogens is 3. The van der Waals surface area contributed by atoms with Gasteiger partial charge in [0.1, 0.15) is 11.2 Å². The van der Waals surface area contributed by atoms with Crippen molar-refractivity contribution in [1.82, 2.24) is 15.0 Å². The number of pyridine rings is 1. The van der Waals surface area contributed by atoms with E-state index in [1.54, 1.807) is 12.1 Å². The van der Waals surface area contributed by atoms with Crippen molar-refractivity contribution < 1.29 is 14.6 Å². The molecule has 9 nitrogen and oxygen atoms in total. The number of hydrogen-bond acceptors (Lipinski definition) is 8. The molecule has 0 radical (unpaired) electrons. The number of nitrogens with zero attached hydrogens (tertiary/aromatic N) is 5. The second-order valence-corrected chi connectivity index (χ2v) is 9.28. The molecule has 0 unspecified atom stereocenters. The van der Waals surface area contributed by atoms with Gasteiger partial charge < -0.3 is 20.1 Å². The minimum Gasteiger partial charge on any atom is -0.476 e. The summed E-state index contributed by atoms with van der Waals surface area (Å²) in [4.78, 5) is 27.3. The summed E-state index contributed by atoms with van der Waals surface area (Å²) in [6.07, 6.45) is 0. The third-order valence-electron chi connectivity index (χ3n) is 6.47. The normalized spacial score (nSPS) is 20.2. The summed E-state index contributed by atoms with van der Waals surface area (Å²) in [6, 6.07) is 8.95. The van der Waals surface area contributed by atoms with Crippen LogP contribution in [0.4, 0.5) is 11.5 Å². The van der Waals surface area contributed by atoms with Crippen molar-refractivity contribution in [3.05, 3.63) is 51.9 Å². The van der Waals surface area contributed by atoms with Gasteiger partial charge in [-0.1, -0.05) is 17.7 Å². The third kappa shape index (κ3) is 4.00. The molecule has 4 heterocycles. The Morgan fingerprint density at radius 1 is 1.26 bits per heavy atom. The summed E-state index contributed by atoms with van der Waals surface area (Å²) in [5.41, 5.74) is 3.62. The molecular formula is C24H23ClN6O3. The summed E-state index contributed by atoms with van der Waals surface area (Å²) in [5.74, 6) is 0.291. The lowest BCUT2D eigenvalue weighted by atomic mass is 10.0. The van der Waals surface area contributed by atoms with E-state index in [0.717, 1.165) is 37.4 Å². The number of benzene rings is 1. The van der Waals surface area contributed by atoms with Crippen LogP contribution in [0.25, 0.3) is 11.0 Å². The molecule has 2 aliphatic rings. The Morgan fingerprint density at radius 2 is 2.00 bits per heavy atom. The van der Waals surface area contributed by atoms with Crippen LogP contribution in [0.2, 0.25) is 5.15 Å². The number of aromatic carboxylic acids is 1. The largest absolute Gasteiger partial charge is 0.476 e. The molecule has 5 rings (SSSR count). The first-order chi connectivity index (χ1) is 16.3. The van der Waals surface area contributed by atoms with Gasteiger partial charge in [-0.3, -0.25) is 0 Å². The maximum absolute atomic E-state index is 11.7. The minimum absolute atomic E-state index is 0.108. The van der Waals surface area contributed by atoms with E-state index >= 15 is 0 Å². The van der Waals surface area contributed by atoms with Gasteiger partial charge in [-0.05, 0) is 37.6 Å². The van der Waals surface area contributed by atoms with E-state index < -0.39 is 5.97 Å². The molecule has 3 aromatic rings. The molecule has 174 valence electrons. The van der Waals surface area contributed by atoms with Crippen molar-refractivity contribution in [3.8, 4) is 6.07 Å². The fraction of sp³-hybridized carbons (Fsp3) is 0.375. The van der Waals surface area contributed by atoms with Crippen molar-refractivity contribution in [1.29, 1.82) is 5.26 Å². The Hall–Kier alpha value is -3.48. The van der Waals surface area contributed by atoms with Crippen LogP contribution in [-0.4, -0.2) is 52.3 Å². The Kier molecular flexibility index (Phi) is 5.71. The summed E-state index contributed by atoms with van der Waals surface area (Å²) in [6.45, 7) is 6.91. The van der Waals surface area contributed by atoms with Crippen LogP contribution in [0.5, 0.6) is 0 Å². The standard InChI is InChI=1S/C24H23ClN6O3/c1-12-5-16(13(2)27-17-3-4-20(25)29-22(17)24(32)33)21-18(6-12)28-19(7-26)23(30-21)31-8-14-10-34-11-15(14)9-31/h3-6,13-15,27H,8-11H2,1-2H3,(H,32,33)/t13-,14+,15+/m1/s1. The molecular weight excluding hydrogens is 456 g/mol. The Morgan fingerprint density at radius 3 is 2.68 bits per heavy atom. The summed E-state index contributed by atoms with van der Waals surface area (Å²) in [5, 5.41) is 22.7. The van der Waals surface area contributed by atoms with Crippen LogP contribution in [0.1, 0.15) is 40.3 Å². The van der Waals surface area contributed by atoms with E-state index in [1.165, 1.54) is 0 Å². The Labute approximate surface area is 201 Å². The average molecular weight is 479 g/mol. The second kappa shape index (κ2) is 8.70. The molecule has 2 N–H and O–H groups in total. The predicted molar refractivity (Wildman–Crippen MR) is 127 cm³/mol. The van der Waals surface area contributed by atoms with Gasteiger partial charge in [0.05, 0.1) is 36.0 Å². The van der Waals surface area contributed by atoms with E-state index in [4.69, 9.17) is 21.3 Å². The van der Waals surface area contributed by atoms with Crippen molar-refractivity contribution >= 4 is 40.1 Å². The number of carboxylic acids is 1. The van der Waals surface area contributed by atoms with E-state index in [2.05, 4.69) is 26.3 Å². The Balaban J connectivity index is 1.56. The van der Waals surface area contributed by atoms with Crippen molar-refractivity contribution in [2.45, 2.75) is 19.9 Å². The number of carbonyl (C=O) groups is 1. The lowest BCUT2D eigenvalue weighted by Gasteiger charge is -2.22. The van der Waals surface area contributed by atoms with Crippen molar-refractivity contribution in [3.63, 3.8) is 0 Å². The summed E-state index contributed by atoms with van der Waals surface area (Å²) >= 11 is 5.90. The van der Waals surface area contributed by atoms with Crippen LogP contribution >= 0.6 is 11.6 Å². The topological polar surface area (TPSA) is 124 Å². The highest BCUT2D eigenvalue weighted by Crippen LogP contribution is 2.35. The second-order valence-electron chi connectivity index (χ2n) is 8.89. The first-order valence-corrected chi connectivity index (χ1v) is 11.4. The minimum atomic E-state index is -1.17. The molecule has 10 heteroatoms. The molecule has 2 saturated heterocycles. The highest BCUT2D eigenvalue weighted by molar-refractivity contribution is 6.29. The molecule has 2 aromatic heterocycles. The Bertz CT molecular complexity index is 1330. The molecule has 0 bridgehead atoms. The number of halogens is 1. The smallest absolute Gasteiger partial charge is 0.356 e. The number of ether oxygens (including phenoxy) is 1. The molecule has 0 saturated carbocycles. The molecule has 2 aliphatic heterocycles. The van der Waals surface area contributed by atoms with Gasteiger partial charge in [-0.15, -0.1) is 0 Å². The number of rotatable bonds is 5. The van der Waals surface area contributed by atoms with Crippen LogP contribution < -0.4 is 10.2 Å². The third-order valence-corrected chi connectivity index (χ3v) is 6.68. The number of carboxylic acid groups (broad SMARTS) is 1. The van der Waals surface area contributed by atoms with Gasteiger partial charge >= 0.3 is 5.97 Å². The first-order valence-electron chi connectivity index (χ1n) is 11.1. The zero-order chi connectivity index (χ0) is 24.0. The maximum Gasteiger partial charge on any atom is 0.356 e. The molecule has 1 aromatic carbocycles. The molecule has 2 fully saturated rings. The number of fused-ring (bicyclic) bond motifs is 2. The predicted octanol–water partition coefficient (Wildman–Crippen LogP) is 3.81. The highest BCUT2D eigenvalue weighted by Gasteiger charge is 2.38. The van der Waals surface area contributed by atoms with E-state index in [-0.39, 0.29) is 16.9 Å². The number of anilines is 2. The van der Waals surface area contributed by atoms with Gasteiger partial charge in [-0.25, -0.2) is 19.7 Å². The molecule has 0 amide bonds. The SMILES string of the molecule is Cc1cc([C@@H](C)Nc2ccc(Cl)nc2C(=O)O)c2nc(N3C[C@H]4COC[C@@H]4C3)c(C#N)nc2c1. The number of nitriles is 1. The quantitative estimate of drug-likeness (QED) is 0.526. The van der Waals surface area contributed by atoms with Gasteiger partial charge in [-0.2, -0.15) is 5.26 Å². The molecule has 3 atom stereocenters. The zero-order valence-corrected chi connectivity index (χ0v) is 19.5. The van der Waals surface area contributed by atoms with Gasteiger partial charge in [0, 0.05) is 30.5 Å². The lowest BCUT2D eigenvalue weighted by Crippen LogP contribution is -2.25. The monoisotopic (exact) mass is 478 g/mol. The number of hydrogen-bond donors (Lipinski definition) is 2. The summed E-state index contributed by atoms with van der Waals surface area (Å²) in [7, 11) is 0. The molecule has 34 heavy (non-hydrogen) atoms. The van der Waals surface area contributed by atoms with Crippen LogP contribution in [-0.2, 0) is 4.74 Å². The van der Waals surface area contributed by atoms with Gasteiger partial charge in [0.15, 0.2) is 17.2 Å². The fourth-order valence-corrected chi connectivity index (χ4v) is 4.98. The van der Waals surface area contributed by atoms with Crippen molar-refractivity contribution in [2.75, 3.05) is 36.5 Å². The van der Waals surface area contributed by atoms with E-state index in [0.29, 0.717) is 40.1 Å². The van der Waals surface area contributed by atoms with Crippen LogP contribution in [0.3, 0.4) is 0 Å². The number of aryl methyl sites for hydroxylation is 1. The summed E-state index contributed by atoms with van der Waals surface area (Å²) < 4.78 is 5.59. The molecule has 0 aliphatic carbocycles. The van der Waals surface area contributed by atoms with Gasteiger partial charge in [0.2, 0.25) is 0 Å². The average Bonchev–Trinajstić information content (AvgIpc) is 3.41. The van der Waals surface area contributed by atoms with Crippen LogP contribution in [0.15, 0.2) is 24.3 Å². The van der Waals surface area contributed by atoms with Crippen LogP contribution in [0, 0.1) is 30.1 Å². The van der Waals surface area contributed by atoms with E-state index in [9.17, 15) is 15.2 Å².